The smallest absolute Gasteiger partial charge is 0.168 e. The fraction of sp³-hybridized carbons (Fsp3) is 0.889. The van der Waals surface area contributed by atoms with Gasteiger partial charge in [-0.2, -0.15) is 0 Å². The molecule has 0 aliphatic rings. The molecule has 0 aromatic heterocycles. The number of nitrogens with one attached hydrogen (secondary N) is 1. The van der Waals surface area contributed by atoms with E-state index in [0.29, 0.717) is 12.5 Å². The van der Waals surface area contributed by atoms with Gasteiger partial charge in [-0.05, 0) is 18.1 Å². The van der Waals surface area contributed by atoms with E-state index in [0.717, 1.165) is 18.2 Å². The first-order valence-corrected chi connectivity index (χ1v) is 4.96. The lowest BCUT2D eigenvalue weighted by atomic mass is 10.2. The van der Waals surface area contributed by atoms with Crippen molar-refractivity contribution in [2.45, 2.75) is 13.8 Å². The van der Waals surface area contributed by atoms with Crippen molar-refractivity contribution in [3.05, 3.63) is 0 Å². The second kappa shape index (κ2) is 7.09. The maximum atomic E-state index is 5.17. The summed E-state index contributed by atoms with van der Waals surface area (Å²) in [6, 6.07) is 0. The predicted octanol–water partition coefficient (Wildman–Crippen LogP) is 1.10. The van der Waals surface area contributed by atoms with E-state index < -0.39 is 0 Å². The maximum absolute atomic E-state index is 5.17. The first-order valence-electron chi connectivity index (χ1n) is 4.55. The summed E-state index contributed by atoms with van der Waals surface area (Å²) in [6.45, 7) is 6.80. The highest BCUT2D eigenvalue weighted by Crippen LogP contribution is 1.95. The van der Waals surface area contributed by atoms with Gasteiger partial charge in [-0.1, -0.05) is 13.8 Å². The van der Waals surface area contributed by atoms with Gasteiger partial charge in [0.05, 0.1) is 6.61 Å². The Bertz CT molecular complexity index is 151. The largest absolute Gasteiger partial charge is 0.383 e. The molecule has 13 heavy (non-hydrogen) atoms. The van der Waals surface area contributed by atoms with Crippen LogP contribution in [0.15, 0.2) is 0 Å². The van der Waals surface area contributed by atoms with E-state index in [4.69, 9.17) is 17.0 Å². The van der Waals surface area contributed by atoms with Crippen LogP contribution in [-0.2, 0) is 4.74 Å². The molecule has 0 rings (SSSR count). The molecule has 0 saturated carbocycles. The van der Waals surface area contributed by atoms with Crippen LogP contribution in [-0.4, -0.2) is 43.9 Å². The highest BCUT2D eigenvalue weighted by Gasteiger charge is 2.04. The van der Waals surface area contributed by atoms with E-state index in [1.807, 2.05) is 7.05 Å². The van der Waals surface area contributed by atoms with Crippen molar-refractivity contribution in [1.82, 2.24) is 10.2 Å². The van der Waals surface area contributed by atoms with Crippen molar-refractivity contribution < 1.29 is 4.74 Å². The van der Waals surface area contributed by atoms with Crippen molar-refractivity contribution >= 4 is 17.3 Å². The Balaban J connectivity index is 3.57. The van der Waals surface area contributed by atoms with Crippen LogP contribution >= 0.6 is 12.2 Å². The molecular formula is C9H20N2OS. The van der Waals surface area contributed by atoms with Gasteiger partial charge in [0.15, 0.2) is 5.11 Å². The summed E-state index contributed by atoms with van der Waals surface area (Å²) in [6.07, 6.45) is 0. The molecule has 0 aromatic carbocycles. The van der Waals surface area contributed by atoms with E-state index >= 15 is 0 Å². The van der Waals surface area contributed by atoms with Crippen molar-refractivity contribution in [3.63, 3.8) is 0 Å². The number of nitrogens with zero attached hydrogens (tertiary/aromatic N) is 1. The average Bonchev–Trinajstić information content (AvgIpc) is 2.03. The average molecular weight is 204 g/mol. The van der Waals surface area contributed by atoms with Gasteiger partial charge in [0.25, 0.3) is 0 Å². The third kappa shape index (κ3) is 6.78. The predicted molar refractivity (Wildman–Crippen MR) is 59.9 cm³/mol. The van der Waals surface area contributed by atoms with E-state index in [9.17, 15) is 0 Å². The van der Waals surface area contributed by atoms with Gasteiger partial charge in [0.1, 0.15) is 0 Å². The molecule has 0 saturated heterocycles. The molecule has 3 nitrogen and oxygen atoms in total. The summed E-state index contributed by atoms with van der Waals surface area (Å²) in [5.74, 6) is 0.632. The summed E-state index contributed by atoms with van der Waals surface area (Å²) in [7, 11) is 3.69. The lowest BCUT2D eigenvalue weighted by Gasteiger charge is -2.22. The normalized spacial score (nSPS) is 10.2. The van der Waals surface area contributed by atoms with Gasteiger partial charge in [-0.3, -0.25) is 0 Å². The van der Waals surface area contributed by atoms with Crippen molar-refractivity contribution in [2.75, 3.05) is 33.9 Å². The zero-order valence-corrected chi connectivity index (χ0v) is 9.78. The third-order valence-corrected chi connectivity index (χ3v) is 2.02. The second-order valence-electron chi connectivity index (χ2n) is 3.50. The van der Waals surface area contributed by atoms with Gasteiger partial charge >= 0.3 is 0 Å². The molecule has 0 atom stereocenters. The molecule has 0 aliphatic carbocycles. The van der Waals surface area contributed by atoms with Crippen LogP contribution in [0.5, 0.6) is 0 Å². The minimum Gasteiger partial charge on any atom is -0.383 e. The third-order valence-electron chi connectivity index (χ3n) is 1.57. The molecule has 0 unspecified atom stereocenters. The minimum atomic E-state index is 0.632. The minimum absolute atomic E-state index is 0.632. The van der Waals surface area contributed by atoms with Crippen LogP contribution in [0.4, 0.5) is 0 Å². The number of methoxy groups -OCH3 is 1. The van der Waals surface area contributed by atoms with Gasteiger partial charge < -0.3 is 15.0 Å². The van der Waals surface area contributed by atoms with Crippen LogP contribution < -0.4 is 5.32 Å². The monoisotopic (exact) mass is 204 g/mol. The fourth-order valence-corrected chi connectivity index (χ4v) is 1.20. The zero-order chi connectivity index (χ0) is 10.3. The molecule has 0 aromatic rings. The zero-order valence-electron chi connectivity index (χ0n) is 8.96. The van der Waals surface area contributed by atoms with Crippen molar-refractivity contribution in [2.24, 2.45) is 5.92 Å². The van der Waals surface area contributed by atoms with Gasteiger partial charge in [0, 0.05) is 27.2 Å². The van der Waals surface area contributed by atoms with Crippen LogP contribution in [0.1, 0.15) is 13.8 Å². The van der Waals surface area contributed by atoms with Crippen LogP contribution in [0.3, 0.4) is 0 Å². The molecule has 78 valence electrons. The highest BCUT2D eigenvalue weighted by atomic mass is 32.1. The van der Waals surface area contributed by atoms with Crippen molar-refractivity contribution in [1.29, 1.82) is 0 Å². The van der Waals surface area contributed by atoms with Gasteiger partial charge in [-0.25, -0.2) is 0 Å². The Morgan fingerprint density at radius 1 is 1.54 bits per heavy atom. The van der Waals surface area contributed by atoms with E-state index in [-0.39, 0.29) is 0 Å². The number of hydrogen-bond acceptors (Lipinski definition) is 2. The molecular weight excluding hydrogens is 184 g/mol. The molecule has 0 radical (unpaired) electrons. The lowest BCUT2D eigenvalue weighted by molar-refractivity contribution is 0.203. The van der Waals surface area contributed by atoms with Gasteiger partial charge in [-0.15, -0.1) is 0 Å². The van der Waals surface area contributed by atoms with Gasteiger partial charge in [0.2, 0.25) is 0 Å². The van der Waals surface area contributed by atoms with Crippen LogP contribution in [0.25, 0.3) is 0 Å². The fourth-order valence-electron chi connectivity index (χ4n) is 1.03. The SMILES string of the molecule is COCCNC(=S)N(C)CC(C)C. The number of thiocarbonyl (C=S) groups is 1. The highest BCUT2D eigenvalue weighted by molar-refractivity contribution is 7.80. The Hall–Kier alpha value is -0.350. The summed E-state index contributed by atoms with van der Waals surface area (Å²) in [5, 5.41) is 3.92. The Labute approximate surface area is 86.4 Å². The Morgan fingerprint density at radius 2 is 2.15 bits per heavy atom. The number of rotatable bonds is 5. The van der Waals surface area contributed by atoms with E-state index in [2.05, 4.69) is 24.1 Å². The molecule has 0 aliphatic heterocycles. The quantitative estimate of drug-likeness (QED) is 0.535. The first kappa shape index (κ1) is 12.7. The lowest BCUT2D eigenvalue weighted by Crippen LogP contribution is -2.40. The Morgan fingerprint density at radius 3 is 2.62 bits per heavy atom. The number of hydrogen-bond donors (Lipinski definition) is 1. The molecule has 0 heterocycles. The van der Waals surface area contributed by atoms with Crippen LogP contribution in [0.2, 0.25) is 0 Å². The van der Waals surface area contributed by atoms with E-state index in [1.54, 1.807) is 7.11 Å². The number of ether oxygens (including phenoxy) is 1. The molecule has 0 bridgehead atoms. The maximum Gasteiger partial charge on any atom is 0.168 e. The topological polar surface area (TPSA) is 24.5 Å². The summed E-state index contributed by atoms with van der Waals surface area (Å²) >= 11 is 5.17. The van der Waals surface area contributed by atoms with Crippen molar-refractivity contribution in [3.8, 4) is 0 Å². The van der Waals surface area contributed by atoms with Crippen LogP contribution in [0, 0.1) is 5.92 Å². The standard InChI is InChI=1S/C9H20N2OS/c1-8(2)7-11(3)9(13)10-5-6-12-4/h8H,5-7H2,1-4H3,(H,10,13). The second-order valence-corrected chi connectivity index (χ2v) is 3.89. The summed E-state index contributed by atoms with van der Waals surface area (Å²) in [4.78, 5) is 2.05. The molecule has 4 heteroatoms. The molecule has 0 amide bonds. The van der Waals surface area contributed by atoms with E-state index in [1.165, 1.54) is 0 Å². The first-order chi connectivity index (χ1) is 6.07. The molecule has 0 spiro atoms. The Kier molecular flexibility index (Phi) is 6.90. The summed E-state index contributed by atoms with van der Waals surface area (Å²) < 4.78 is 4.91. The molecule has 1 N–H and O–H groups in total. The molecule has 0 fully saturated rings. The summed E-state index contributed by atoms with van der Waals surface area (Å²) in [5.41, 5.74) is 0.